The van der Waals surface area contributed by atoms with E-state index in [0.29, 0.717) is 0 Å². The summed E-state index contributed by atoms with van der Waals surface area (Å²) in [6, 6.07) is 2.18. The average molecular weight is 245 g/mol. The molecular formula is C13H19N5. The van der Waals surface area contributed by atoms with Crippen molar-refractivity contribution in [3.8, 4) is 0 Å². The summed E-state index contributed by atoms with van der Waals surface area (Å²) >= 11 is 0. The van der Waals surface area contributed by atoms with E-state index in [1.807, 2.05) is 23.9 Å². The third-order valence-corrected chi connectivity index (χ3v) is 2.90. The molecule has 5 heteroatoms. The van der Waals surface area contributed by atoms with E-state index in [4.69, 9.17) is 0 Å². The minimum absolute atomic E-state index is 0.233. The van der Waals surface area contributed by atoms with Crippen molar-refractivity contribution in [1.29, 1.82) is 0 Å². The Labute approximate surface area is 107 Å². The van der Waals surface area contributed by atoms with Gasteiger partial charge in [-0.3, -0.25) is 14.6 Å². The standard InChI is InChI=1S/C13H19N5/c1-11(13-12(2)15-7-8-16-13)14-5-3-9-18-10-4-6-17-18/h4,6-8,10-11,14H,3,5,9H2,1-2H3. The molecule has 2 rings (SSSR count). The zero-order chi connectivity index (χ0) is 12.8. The maximum Gasteiger partial charge on any atom is 0.0782 e. The molecular weight excluding hydrogens is 226 g/mol. The second kappa shape index (κ2) is 6.26. The van der Waals surface area contributed by atoms with Crippen LogP contribution in [0, 0.1) is 6.92 Å². The predicted octanol–water partition coefficient (Wildman–Crippen LogP) is 1.72. The smallest absolute Gasteiger partial charge is 0.0782 e. The molecule has 0 aliphatic carbocycles. The fourth-order valence-electron chi connectivity index (χ4n) is 1.93. The highest BCUT2D eigenvalue weighted by molar-refractivity contribution is 5.12. The molecule has 1 unspecified atom stereocenters. The number of aryl methyl sites for hydroxylation is 2. The van der Waals surface area contributed by atoms with E-state index in [1.165, 1.54) is 0 Å². The topological polar surface area (TPSA) is 55.6 Å². The van der Waals surface area contributed by atoms with Crippen LogP contribution < -0.4 is 5.32 Å². The molecule has 0 saturated carbocycles. The van der Waals surface area contributed by atoms with Crippen LogP contribution in [0.2, 0.25) is 0 Å². The van der Waals surface area contributed by atoms with Gasteiger partial charge >= 0.3 is 0 Å². The zero-order valence-corrected chi connectivity index (χ0v) is 10.9. The summed E-state index contributed by atoms with van der Waals surface area (Å²) in [4.78, 5) is 8.62. The lowest BCUT2D eigenvalue weighted by Crippen LogP contribution is -2.22. The van der Waals surface area contributed by atoms with Crippen molar-refractivity contribution in [2.24, 2.45) is 0 Å². The van der Waals surface area contributed by atoms with Crippen molar-refractivity contribution in [1.82, 2.24) is 25.1 Å². The van der Waals surface area contributed by atoms with Gasteiger partial charge in [0.2, 0.25) is 0 Å². The van der Waals surface area contributed by atoms with E-state index in [1.54, 1.807) is 18.6 Å². The molecule has 5 nitrogen and oxygen atoms in total. The Balaban J connectivity index is 1.75. The van der Waals surface area contributed by atoms with Crippen LogP contribution in [0.15, 0.2) is 30.9 Å². The zero-order valence-electron chi connectivity index (χ0n) is 10.9. The van der Waals surface area contributed by atoms with E-state index in [9.17, 15) is 0 Å². The quantitative estimate of drug-likeness (QED) is 0.787. The predicted molar refractivity (Wildman–Crippen MR) is 70.0 cm³/mol. The Bertz CT molecular complexity index is 466. The van der Waals surface area contributed by atoms with Crippen molar-refractivity contribution >= 4 is 0 Å². The van der Waals surface area contributed by atoms with Gasteiger partial charge in [0.15, 0.2) is 0 Å². The van der Waals surface area contributed by atoms with Crippen LogP contribution in [0.5, 0.6) is 0 Å². The minimum atomic E-state index is 0.233. The highest BCUT2D eigenvalue weighted by Crippen LogP contribution is 2.11. The second-order valence-corrected chi connectivity index (χ2v) is 4.33. The highest BCUT2D eigenvalue weighted by atomic mass is 15.3. The van der Waals surface area contributed by atoms with Crippen LogP contribution in [0.1, 0.15) is 30.8 Å². The fraction of sp³-hybridized carbons (Fsp3) is 0.462. The molecule has 0 aromatic carbocycles. The Morgan fingerprint density at radius 3 is 2.83 bits per heavy atom. The molecule has 1 atom stereocenters. The van der Waals surface area contributed by atoms with Gasteiger partial charge in [-0.15, -0.1) is 0 Å². The van der Waals surface area contributed by atoms with Gasteiger partial charge in [0, 0.05) is 37.4 Å². The number of nitrogens with zero attached hydrogens (tertiary/aromatic N) is 4. The summed E-state index contributed by atoms with van der Waals surface area (Å²) in [5.74, 6) is 0. The van der Waals surface area contributed by atoms with Crippen molar-refractivity contribution in [3.05, 3.63) is 42.2 Å². The van der Waals surface area contributed by atoms with Gasteiger partial charge in [-0.05, 0) is 32.9 Å². The Morgan fingerprint density at radius 2 is 2.11 bits per heavy atom. The van der Waals surface area contributed by atoms with Crippen molar-refractivity contribution in [2.45, 2.75) is 32.9 Å². The van der Waals surface area contributed by atoms with E-state index in [-0.39, 0.29) is 6.04 Å². The lowest BCUT2D eigenvalue weighted by atomic mass is 10.2. The maximum absolute atomic E-state index is 4.36. The molecule has 2 heterocycles. The average Bonchev–Trinajstić information content (AvgIpc) is 2.88. The molecule has 0 bridgehead atoms. The van der Waals surface area contributed by atoms with Gasteiger partial charge in [0.05, 0.1) is 11.4 Å². The normalized spacial score (nSPS) is 12.6. The first-order valence-electron chi connectivity index (χ1n) is 6.25. The summed E-state index contributed by atoms with van der Waals surface area (Å²) in [5, 5.41) is 7.63. The summed E-state index contributed by atoms with van der Waals surface area (Å²) in [6.07, 6.45) is 8.30. The monoisotopic (exact) mass is 245 g/mol. The molecule has 0 spiro atoms. The van der Waals surface area contributed by atoms with Gasteiger partial charge in [-0.1, -0.05) is 0 Å². The largest absolute Gasteiger partial charge is 0.309 e. The van der Waals surface area contributed by atoms with Gasteiger partial charge < -0.3 is 5.32 Å². The molecule has 1 N–H and O–H groups in total. The third kappa shape index (κ3) is 3.37. The summed E-state index contributed by atoms with van der Waals surface area (Å²) in [6.45, 7) is 5.98. The van der Waals surface area contributed by atoms with E-state index >= 15 is 0 Å². The Kier molecular flexibility index (Phi) is 4.41. The molecule has 2 aromatic heterocycles. The summed E-state index contributed by atoms with van der Waals surface area (Å²) in [7, 11) is 0. The molecule has 0 radical (unpaired) electrons. The molecule has 2 aromatic rings. The number of hydrogen-bond acceptors (Lipinski definition) is 4. The van der Waals surface area contributed by atoms with Crippen LogP contribution in [0.3, 0.4) is 0 Å². The fourth-order valence-corrected chi connectivity index (χ4v) is 1.93. The number of aromatic nitrogens is 4. The number of nitrogens with one attached hydrogen (secondary N) is 1. The van der Waals surface area contributed by atoms with Crippen LogP contribution in [0.25, 0.3) is 0 Å². The van der Waals surface area contributed by atoms with Crippen molar-refractivity contribution in [3.63, 3.8) is 0 Å². The second-order valence-electron chi connectivity index (χ2n) is 4.33. The molecule has 0 saturated heterocycles. The summed E-state index contributed by atoms with van der Waals surface area (Å²) in [5.41, 5.74) is 2.01. The SMILES string of the molecule is Cc1nccnc1C(C)NCCCn1cccn1. The number of rotatable bonds is 6. The van der Waals surface area contributed by atoms with Crippen LogP contribution in [-0.2, 0) is 6.54 Å². The van der Waals surface area contributed by atoms with Crippen molar-refractivity contribution in [2.75, 3.05) is 6.54 Å². The third-order valence-electron chi connectivity index (χ3n) is 2.90. The van der Waals surface area contributed by atoms with E-state index in [2.05, 4.69) is 27.3 Å². The molecule has 0 aliphatic rings. The van der Waals surface area contributed by atoms with Crippen LogP contribution in [0.4, 0.5) is 0 Å². The van der Waals surface area contributed by atoms with Gasteiger partial charge in [0.25, 0.3) is 0 Å². The number of hydrogen-bond donors (Lipinski definition) is 1. The van der Waals surface area contributed by atoms with Gasteiger partial charge in [-0.25, -0.2) is 0 Å². The Hall–Kier alpha value is -1.75. The van der Waals surface area contributed by atoms with E-state index in [0.717, 1.165) is 30.9 Å². The van der Waals surface area contributed by atoms with Gasteiger partial charge in [-0.2, -0.15) is 5.10 Å². The highest BCUT2D eigenvalue weighted by Gasteiger charge is 2.08. The molecule has 0 aliphatic heterocycles. The summed E-state index contributed by atoms with van der Waals surface area (Å²) < 4.78 is 1.94. The van der Waals surface area contributed by atoms with Gasteiger partial charge in [0.1, 0.15) is 0 Å². The lowest BCUT2D eigenvalue weighted by Gasteiger charge is -2.14. The minimum Gasteiger partial charge on any atom is -0.309 e. The molecule has 18 heavy (non-hydrogen) atoms. The van der Waals surface area contributed by atoms with E-state index < -0.39 is 0 Å². The lowest BCUT2D eigenvalue weighted by molar-refractivity contribution is 0.499. The van der Waals surface area contributed by atoms with Crippen LogP contribution >= 0.6 is 0 Å². The Morgan fingerprint density at radius 1 is 1.28 bits per heavy atom. The molecule has 0 fully saturated rings. The first-order chi connectivity index (χ1) is 8.77. The molecule has 0 amide bonds. The maximum atomic E-state index is 4.36. The first-order valence-corrected chi connectivity index (χ1v) is 6.25. The first kappa shape index (κ1) is 12.7. The van der Waals surface area contributed by atoms with Crippen molar-refractivity contribution < 1.29 is 0 Å². The molecule has 96 valence electrons. The van der Waals surface area contributed by atoms with Crippen LogP contribution in [-0.4, -0.2) is 26.3 Å².